The lowest BCUT2D eigenvalue weighted by atomic mass is 10.1. The normalized spacial score (nSPS) is 16.3. The third-order valence-corrected chi connectivity index (χ3v) is 5.30. The maximum Gasteiger partial charge on any atom is 0.152 e. The van der Waals surface area contributed by atoms with Crippen molar-refractivity contribution < 1.29 is 13.5 Å². The van der Waals surface area contributed by atoms with E-state index in [1.165, 1.54) is 18.3 Å². The molecule has 86 valence electrons. The molecule has 1 aromatic heterocycles. The zero-order chi connectivity index (χ0) is 11.8. The van der Waals surface area contributed by atoms with Crippen molar-refractivity contribution in [2.24, 2.45) is 0 Å². The van der Waals surface area contributed by atoms with E-state index < -0.39 is 21.2 Å². The van der Waals surface area contributed by atoms with Gasteiger partial charge >= 0.3 is 0 Å². The van der Waals surface area contributed by atoms with E-state index in [1.54, 1.807) is 0 Å². The summed E-state index contributed by atoms with van der Waals surface area (Å²) in [6.45, 7) is 5.37. The molecular formula is C10H16O3S2. The van der Waals surface area contributed by atoms with Gasteiger partial charge < -0.3 is 5.11 Å². The van der Waals surface area contributed by atoms with Crippen LogP contribution in [0.2, 0.25) is 0 Å². The predicted molar refractivity (Wildman–Crippen MR) is 63.1 cm³/mol. The number of aryl methyl sites for hydroxylation is 2. The van der Waals surface area contributed by atoms with Gasteiger partial charge in [-0.2, -0.15) is 0 Å². The van der Waals surface area contributed by atoms with Crippen LogP contribution in [0.4, 0.5) is 0 Å². The van der Waals surface area contributed by atoms with Gasteiger partial charge in [0.25, 0.3) is 0 Å². The van der Waals surface area contributed by atoms with Crippen LogP contribution in [0.3, 0.4) is 0 Å². The van der Waals surface area contributed by atoms with Crippen molar-refractivity contribution in [3.05, 3.63) is 21.4 Å². The van der Waals surface area contributed by atoms with Crippen LogP contribution in [0.1, 0.15) is 28.3 Å². The second kappa shape index (κ2) is 4.23. The van der Waals surface area contributed by atoms with Gasteiger partial charge in [-0.1, -0.05) is 0 Å². The summed E-state index contributed by atoms with van der Waals surface area (Å²) < 4.78 is 22.6. The molecule has 1 heterocycles. The number of aliphatic hydroxyl groups is 1. The van der Waals surface area contributed by atoms with Crippen molar-refractivity contribution in [1.82, 2.24) is 0 Å². The quantitative estimate of drug-likeness (QED) is 0.888. The molecule has 15 heavy (non-hydrogen) atoms. The molecule has 0 bridgehead atoms. The van der Waals surface area contributed by atoms with E-state index in [1.807, 2.05) is 19.9 Å². The molecule has 3 nitrogen and oxygen atoms in total. The van der Waals surface area contributed by atoms with Crippen LogP contribution in [-0.4, -0.2) is 25.0 Å². The highest BCUT2D eigenvalue weighted by Crippen LogP contribution is 2.31. The number of thiophene rings is 1. The van der Waals surface area contributed by atoms with Crippen molar-refractivity contribution in [3.63, 3.8) is 0 Å². The molecule has 5 heteroatoms. The number of sulfone groups is 1. The zero-order valence-corrected chi connectivity index (χ0v) is 10.9. The van der Waals surface area contributed by atoms with E-state index in [-0.39, 0.29) is 0 Å². The summed E-state index contributed by atoms with van der Waals surface area (Å²) in [5.74, 6) is 0. The summed E-state index contributed by atoms with van der Waals surface area (Å²) in [5.41, 5.74) is 0.959. The highest BCUT2D eigenvalue weighted by molar-refractivity contribution is 7.91. The Balaban J connectivity index is 3.05. The first-order valence-electron chi connectivity index (χ1n) is 4.67. The second-order valence-electron chi connectivity index (χ2n) is 3.88. The molecule has 1 N–H and O–H groups in total. The molecule has 0 aliphatic heterocycles. The van der Waals surface area contributed by atoms with Crippen molar-refractivity contribution in [2.75, 3.05) is 6.26 Å². The summed E-state index contributed by atoms with van der Waals surface area (Å²) in [7, 11) is -3.20. The lowest BCUT2D eigenvalue weighted by Crippen LogP contribution is -2.24. The summed E-state index contributed by atoms with van der Waals surface area (Å²) >= 11 is 1.45. The van der Waals surface area contributed by atoms with Gasteiger partial charge in [0.1, 0.15) is 6.10 Å². The molecule has 0 amide bonds. The Bertz CT molecular complexity index is 445. The smallest absolute Gasteiger partial charge is 0.152 e. The maximum atomic E-state index is 11.3. The SMILES string of the molecule is Cc1cc(C)c(C(O)C(C)S(C)(=O)=O)s1. The summed E-state index contributed by atoms with van der Waals surface area (Å²) in [4.78, 5) is 1.84. The molecule has 0 spiro atoms. The number of hydrogen-bond donors (Lipinski definition) is 1. The third-order valence-electron chi connectivity index (χ3n) is 2.47. The summed E-state index contributed by atoms with van der Waals surface area (Å²) in [6.07, 6.45) is 0.232. The van der Waals surface area contributed by atoms with Gasteiger partial charge in [-0.15, -0.1) is 11.3 Å². The van der Waals surface area contributed by atoms with Crippen LogP contribution in [0.25, 0.3) is 0 Å². The lowest BCUT2D eigenvalue weighted by molar-refractivity contribution is 0.179. The molecule has 1 aromatic rings. The molecule has 2 unspecified atom stereocenters. The third kappa shape index (κ3) is 2.80. The van der Waals surface area contributed by atoms with Gasteiger partial charge in [-0.3, -0.25) is 0 Å². The van der Waals surface area contributed by atoms with Crippen LogP contribution < -0.4 is 0 Å². The first-order chi connectivity index (χ1) is 6.73. The predicted octanol–water partition coefficient (Wildman–Crippen LogP) is 1.83. The van der Waals surface area contributed by atoms with E-state index in [0.29, 0.717) is 0 Å². The van der Waals surface area contributed by atoms with Gasteiger partial charge in [-0.05, 0) is 32.4 Å². The Morgan fingerprint density at radius 3 is 2.27 bits per heavy atom. The van der Waals surface area contributed by atoms with E-state index >= 15 is 0 Å². The molecule has 0 aliphatic carbocycles. The maximum absolute atomic E-state index is 11.3. The van der Waals surface area contributed by atoms with Gasteiger partial charge in [0.2, 0.25) is 0 Å². The molecule has 0 fully saturated rings. The Labute approximate surface area is 94.7 Å². The van der Waals surface area contributed by atoms with E-state index in [0.717, 1.165) is 21.6 Å². The minimum Gasteiger partial charge on any atom is -0.386 e. The van der Waals surface area contributed by atoms with Gasteiger partial charge in [0.15, 0.2) is 9.84 Å². The first-order valence-corrected chi connectivity index (χ1v) is 7.44. The molecule has 0 saturated carbocycles. The minimum absolute atomic E-state index is 0.755. The Hall–Kier alpha value is -0.390. The average molecular weight is 248 g/mol. The van der Waals surface area contributed by atoms with E-state index in [2.05, 4.69) is 0 Å². The van der Waals surface area contributed by atoms with Gasteiger partial charge in [0, 0.05) is 16.0 Å². The van der Waals surface area contributed by atoms with Gasteiger partial charge in [-0.25, -0.2) is 8.42 Å². The molecule has 0 aliphatic rings. The average Bonchev–Trinajstić information content (AvgIpc) is 2.41. The van der Waals surface area contributed by atoms with E-state index in [9.17, 15) is 13.5 Å². The Kier molecular flexibility index (Phi) is 3.58. The van der Waals surface area contributed by atoms with Crippen LogP contribution in [0, 0.1) is 13.8 Å². The van der Waals surface area contributed by atoms with Crippen molar-refractivity contribution in [3.8, 4) is 0 Å². The Morgan fingerprint density at radius 1 is 1.40 bits per heavy atom. The minimum atomic E-state index is -3.20. The fourth-order valence-electron chi connectivity index (χ4n) is 1.40. The highest BCUT2D eigenvalue weighted by atomic mass is 32.2. The molecule has 2 atom stereocenters. The largest absolute Gasteiger partial charge is 0.386 e. The van der Waals surface area contributed by atoms with Crippen LogP contribution in [-0.2, 0) is 9.84 Å². The first kappa shape index (κ1) is 12.7. The van der Waals surface area contributed by atoms with Crippen LogP contribution in [0.5, 0.6) is 0 Å². The molecular weight excluding hydrogens is 232 g/mol. The number of aliphatic hydroxyl groups excluding tert-OH is 1. The fourth-order valence-corrected chi connectivity index (χ4v) is 3.22. The van der Waals surface area contributed by atoms with Crippen LogP contribution in [0.15, 0.2) is 6.07 Å². The number of rotatable bonds is 3. The summed E-state index contributed by atoms with van der Waals surface area (Å²) in [5, 5.41) is 9.19. The molecule has 0 aromatic carbocycles. The van der Waals surface area contributed by atoms with Crippen molar-refractivity contribution in [1.29, 1.82) is 0 Å². The standard InChI is InChI=1S/C10H16O3S2/c1-6-5-7(2)14-10(6)9(11)8(3)15(4,12)13/h5,8-9,11H,1-4H3. The summed E-state index contributed by atoms with van der Waals surface area (Å²) in [6, 6.07) is 1.96. The fraction of sp³-hybridized carbons (Fsp3) is 0.600. The molecule has 0 radical (unpaired) electrons. The van der Waals surface area contributed by atoms with Crippen molar-refractivity contribution >= 4 is 21.2 Å². The monoisotopic (exact) mass is 248 g/mol. The second-order valence-corrected chi connectivity index (χ2v) is 7.57. The lowest BCUT2D eigenvalue weighted by Gasteiger charge is -2.16. The van der Waals surface area contributed by atoms with Crippen LogP contribution >= 0.6 is 11.3 Å². The highest BCUT2D eigenvalue weighted by Gasteiger charge is 2.27. The zero-order valence-electron chi connectivity index (χ0n) is 9.31. The molecule has 0 saturated heterocycles. The number of hydrogen-bond acceptors (Lipinski definition) is 4. The van der Waals surface area contributed by atoms with E-state index in [4.69, 9.17) is 0 Å². The van der Waals surface area contributed by atoms with Gasteiger partial charge in [0.05, 0.1) is 5.25 Å². The molecule has 1 rings (SSSR count). The Morgan fingerprint density at radius 2 is 1.93 bits per heavy atom. The topological polar surface area (TPSA) is 54.4 Å². The van der Waals surface area contributed by atoms with Crippen molar-refractivity contribution in [2.45, 2.75) is 32.1 Å².